The molecule has 3 rings (SSSR count). The van der Waals surface area contributed by atoms with E-state index in [1.807, 2.05) is 36.0 Å². The van der Waals surface area contributed by atoms with Crippen LogP contribution in [0.3, 0.4) is 0 Å². The minimum atomic E-state index is 0.319. The molecule has 0 atom stereocenters. The molecule has 3 aromatic rings. The highest BCUT2D eigenvalue weighted by molar-refractivity contribution is 6.35. The number of alkyl halides is 1. The largest absolute Gasteiger partial charge is 0.291 e. The summed E-state index contributed by atoms with van der Waals surface area (Å²) in [5, 5.41) is 4.82. The van der Waals surface area contributed by atoms with Gasteiger partial charge in [0.2, 0.25) is 0 Å². The van der Waals surface area contributed by atoms with Crippen molar-refractivity contribution in [3.63, 3.8) is 0 Å². The van der Waals surface area contributed by atoms with Gasteiger partial charge in [-0.05, 0) is 12.1 Å². The Balaban J connectivity index is 2.38. The van der Waals surface area contributed by atoms with Gasteiger partial charge in [-0.15, -0.1) is 11.6 Å². The van der Waals surface area contributed by atoms with Crippen LogP contribution in [0.25, 0.3) is 16.7 Å². The molecular weight excluding hydrogens is 271 g/mol. The number of halogens is 2. The minimum Gasteiger partial charge on any atom is -0.291 e. The average Bonchev–Trinajstić information content (AvgIpc) is 2.92. The van der Waals surface area contributed by atoms with Crippen LogP contribution in [0, 0.1) is 0 Å². The third-order valence-corrected chi connectivity index (χ3v) is 3.31. The van der Waals surface area contributed by atoms with Gasteiger partial charge in [-0.2, -0.15) is 5.10 Å². The van der Waals surface area contributed by atoms with Crippen LogP contribution < -0.4 is 0 Å². The number of aromatic nitrogens is 4. The molecule has 2 aromatic heterocycles. The zero-order chi connectivity index (χ0) is 12.7. The molecular formula is C12H10Cl2N4. The first-order valence-electron chi connectivity index (χ1n) is 5.41. The highest BCUT2D eigenvalue weighted by Gasteiger charge is 2.15. The van der Waals surface area contributed by atoms with Crippen LogP contribution >= 0.6 is 23.2 Å². The number of hydrogen-bond acceptors (Lipinski definition) is 2. The number of benzene rings is 1. The first-order chi connectivity index (χ1) is 8.70. The molecule has 2 heterocycles. The molecule has 0 aliphatic rings. The summed E-state index contributed by atoms with van der Waals surface area (Å²) < 4.78 is 3.67. The summed E-state index contributed by atoms with van der Waals surface area (Å²) in [5.74, 6) is 1.08. The first kappa shape index (κ1) is 11.6. The van der Waals surface area contributed by atoms with Gasteiger partial charge in [0.25, 0.3) is 0 Å². The van der Waals surface area contributed by atoms with Crippen molar-refractivity contribution in [1.82, 2.24) is 19.3 Å². The average molecular weight is 281 g/mol. The zero-order valence-electron chi connectivity index (χ0n) is 9.64. The van der Waals surface area contributed by atoms with E-state index in [2.05, 4.69) is 10.1 Å². The molecule has 0 bridgehead atoms. The second kappa shape index (κ2) is 4.30. The number of aryl methyl sites for hydroxylation is 1. The molecule has 0 N–H and O–H groups in total. The number of fused-ring (bicyclic) bond motifs is 1. The Morgan fingerprint density at radius 2 is 2.17 bits per heavy atom. The SMILES string of the molecule is Cn1cc(-n2c(CCl)nc3cccc(Cl)c32)cn1. The van der Waals surface area contributed by atoms with Crippen LogP contribution in [0.1, 0.15) is 5.82 Å². The van der Waals surface area contributed by atoms with E-state index in [9.17, 15) is 0 Å². The third-order valence-electron chi connectivity index (χ3n) is 2.77. The van der Waals surface area contributed by atoms with Gasteiger partial charge in [-0.1, -0.05) is 17.7 Å². The molecule has 0 unspecified atom stereocenters. The van der Waals surface area contributed by atoms with E-state index in [4.69, 9.17) is 23.2 Å². The van der Waals surface area contributed by atoms with Crippen molar-refractivity contribution in [2.75, 3.05) is 0 Å². The number of rotatable bonds is 2. The number of nitrogens with zero attached hydrogens (tertiary/aromatic N) is 4. The Kier molecular flexibility index (Phi) is 2.76. The molecule has 18 heavy (non-hydrogen) atoms. The van der Waals surface area contributed by atoms with E-state index < -0.39 is 0 Å². The van der Waals surface area contributed by atoms with E-state index in [0.717, 1.165) is 22.5 Å². The van der Waals surface area contributed by atoms with Gasteiger partial charge in [0, 0.05) is 13.2 Å². The highest BCUT2D eigenvalue weighted by Crippen LogP contribution is 2.28. The number of hydrogen-bond donors (Lipinski definition) is 0. The Labute approximate surface area is 114 Å². The van der Waals surface area contributed by atoms with Crippen molar-refractivity contribution in [3.8, 4) is 5.69 Å². The molecule has 0 radical (unpaired) electrons. The maximum atomic E-state index is 6.26. The quantitative estimate of drug-likeness (QED) is 0.676. The first-order valence-corrected chi connectivity index (χ1v) is 6.33. The lowest BCUT2D eigenvalue weighted by atomic mass is 10.3. The van der Waals surface area contributed by atoms with Crippen molar-refractivity contribution >= 4 is 34.2 Å². The molecule has 0 aliphatic carbocycles. The second-order valence-corrected chi connectivity index (χ2v) is 4.65. The fourth-order valence-electron chi connectivity index (χ4n) is 2.03. The van der Waals surface area contributed by atoms with Crippen LogP contribution in [0.15, 0.2) is 30.6 Å². The fourth-order valence-corrected chi connectivity index (χ4v) is 2.46. The third kappa shape index (κ3) is 1.69. The molecule has 1 aromatic carbocycles. The summed E-state index contributed by atoms with van der Waals surface area (Å²) in [4.78, 5) is 4.49. The summed E-state index contributed by atoms with van der Waals surface area (Å²) in [6, 6.07) is 5.64. The van der Waals surface area contributed by atoms with E-state index in [0.29, 0.717) is 10.9 Å². The highest BCUT2D eigenvalue weighted by atomic mass is 35.5. The lowest BCUT2D eigenvalue weighted by Gasteiger charge is -2.05. The lowest BCUT2D eigenvalue weighted by molar-refractivity contribution is 0.767. The van der Waals surface area contributed by atoms with Gasteiger partial charge in [0.1, 0.15) is 5.82 Å². The summed E-state index contributed by atoms with van der Waals surface area (Å²) in [6.07, 6.45) is 3.67. The summed E-state index contributed by atoms with van der Waals surface area (Å²) in [7, 11) is 1.87. The van der Waals surface area contributed by atoms with Gasteiger partial charge in [0.05, 0.1) is 33.8 Å². The summed E-state index contributed by atoms with van der Waals surface area (Å²) >= 11 is 12.2. The van der Waals surface area contributed by atoms with Gasteiger partial charge >= 0.3 is 0 Å². The van der Waals surface area contributed by atoms with E-state index in [-0.39, 0.29) is 0 Å². The Morgan fingerprint density at radius 3 is 2.83 bits per heavy atom. The number of imidazole rings is 1. The van der Waals surface area contributed by atoms with Crippen molar-refractivity contribution < 1.29 is 0 Å². The molecule has 6 heteroatoms. The molecule has 0 fully saturated rings. The van der Waals surface area contributed by atoms with Gasteiger partial charge in [-0.3, -0.25) is 9.25 Å². The Morgan fingerprint density at radius 1 is 1.33 bits per heavy atom. The number of para-hydroxylation sites is 1. The van der Waals surface area contributed by atoms with Gasteiger partial charge < -0.3 is 0 Å². The molecule has 0 amide bonds. The second-order valence-electron chi connectivity index (χ2n) is 3.98. The van der Waals surface area contributed by atoms with Crippen LogP contribution in [0.4, 0.5) is 0 Å². The van der Waals surface area contributed by atoms with Crippen molar-refractivity contribution in [1.29, 1.82) is 0 Å². The standard InChI is InChI=1S/C12H10Cl2N4/c1-17-7-8(6-15-17)18-11(5-13)16-10-4-2-3-9(14)12(10)18/h2-4,6-7H,5H2,1H3. The van der Waals surface area contributed by atoms with Crippen LogP contribution in [0.5, 0.6) is 0 Å². The van der Waals surface area contributed by atoms with E-state index >= 15 is 0 Å². The molecule has 0 saturated carbocycles. The van der Waals surface area contributed by atoms with Gasteiger partial charge in [0.15, 0.2) is 0 Å². The van der Waals surface area contributed by atoms with Crippen molar-refractivity contribution in [2.24, 2.45) is 7.05 Å². The van der Waals surface area contributed by atoms with Crippen molar-refractivity contribution in [3.05, 3.63) is 41.4 Å². The topological polar surface area (TPSA) is 35.6 Å². The minimum absolute atomic E-state index is 0.319. The molecule has 0 saturated heterocycles. The summed E-state index contributed by atoms with van der Waals surface area (Å²) in [6.45, 7) is 0. The van der Waals surface area contributed by atoms with Crippen LogP contribution in [0.2, 0.25) is 5.02 Å². The van der Waals surface area contributed by atoms with Gasteiger partial charge in [-0.25, -0.2) is 4.98 Å². The molecule has 4 nitrogen and oxygen atoms in total. The normalized spacial score (nSPS) is 11.3. The van der Waals surface area contributed by atoms with E-state index in [1.54, 1.807) is 10.9 Å². The fraction of sp³-hybridized carbons (Fsp3) is 0.167. The Hall–Kier alpha value is -1.52. The van der Waals surface area contributed by atoms with Crippen LogP contribution in [-0.2, 0) is 12.9 Å². The predicted molar refractivity (Wildman–Crippen MR) is 72.4 cm³/mol. The molecule has 0 spiro atoms. The Bertz CT molecular complexity index is 714. The molecule has 0 aliphatic heterocycles. The molecule has 92 valence electrons. The predicted octanol–water partition coefficient (Wildman–Crippen LogP) is 3.15. The lowest BCUT2D eigenvalue weighted by Crippen LogP contribution is -1.98. The zero-order valence-corrected chi connectivity index (χ0v) is 11.2. The summed E-state index contributed by atoms with van der Waals surface area (Å²) in [5.41, 5.74) is 2.61. The van der Waals surface area contributed by atoms with Crippen LogP contribution in [-0.4, -0.2) is 19.3 Å². The monoisotopic (exact) mass is 280 g/mol. The maximum absolute atomic E-state index is 6.26. The smallest absolute Gasteiger partial charge is 0.129 e. The maximum Gasteiger partial charge on any atom is 0.129 e. The van der Waals surface area contributed by atoms with E-state index in [1.165, 1.54) is 0 Å². The van der Waals surface area contributed by atoms with Crippen molar-refractivity contribution in [2.45, 2.75) is 5.88 Å².